The molecule has 1 N–H and O–H groups in total. The van der Waals surface area contributed by atoms with Gasteiger partial charge in [-0.05, 0) is 79.0 Å². The predicted octanol–water partition coefficient (Wildman–Crippen LogP) is 6.40. The number of aliphatic hydroxyl groups is 1. The number of ether oxygens (including phenoxy) is 2. The first-order chi connectivity index (χ1) is 16.8. The van der Waals surface area contributed by atoms with Crippen molar-refractivity contribution in [3.63, 3.8) is 0 Å². The topological polar surface area (TPSA) is 55.8 Å². The maximum absolute atomic E-state index is 14.8. The van der Waals surface area contributed by atoms with E-state index in [1.165, 1.54) is 55.6 Å². The van der Waals surface area contributed by atoms with Crippen LogP contribution in [0.4, 0.5) is 17.6 Å². The first kappa shape index (κ1) is 24.7. The van der Waals surface area contributed by atoms with E-state index in [0.29, 0.717) is 18.4 Å². The molecule has 1 saturated carbocycles. The maximum atomic E-state index is 14.8. The van der Waals surface area contributed by atoms with Crippen LogP contribution in [0.25, 0.3) is 11.1 Å². The highest BCUT2D eigenvalue weighted by molar-refractivity contribution is 5.91. The van der Waals surface area contributed by atoms with E-state index in [1.807, 2.05) is 0 Å². The van der Waals surface area contributed by atoms with Crippen molar-refractivity contribution in [2.45, 2.75) is 31.6 Å². The number of carbonyl (C=O) groups is 1. The zero-order valence-electron chi connectivity index (χ0n) is 19.0. The van der Waals surface area contributed by atoms with Crippen molar-refractivity contribution in [3.8, 4) is 22.6 Å². The number of rotatable bonds is 6. The average Bonchev–Trinajstić information content (AvgIpc) is 2.88. The van der Waals surface area contributed by atoms with Gasteiger partial charge < -0.3 is 14.6 Å². The Morgan fingerprint density at radius 3 is 2.09 bits per heavy atom. The summed E-state index contributed by atoms with van der Waals surface area (Å²) < 4.78 is 67.6. The summed E-state index contributed by atoms with van der Waals surface area (Å²) in [6, 6.07) is 10.7. The van der Waals surface area contributed by atoms with Crippen LogP contribution in [-0.4, -0.2) is 24.8 Å². The molecule has 8 heteroatoms. The van der Waals surface area contributed by atoms with E-state index in [-0.39, 0.29) is 40.9 Å². The number of aliphatic hydroxyl groups excluding tert-OH is 1. The minimum Gasteiger partial charge on any atom is -0.494 e. The second-order valence-electron chi connectivity index (χ2n) is 8.59. The summed E-state index contributed by atoms with van der Waals surface area (Å²) in [4.78, 5) is 12.5. The fourth-order valence-corrected chi connectivity index (χ4v) is 4.45. The molecular formula is C27H24F4O4. The van der Waals surface area contributed by atoms with Crippen LogP contribution in [0.2, 0.25) is 0 Å². The lowest BCUT2D eigenvalue weighted by Crippen LogP contribution is -2.17. The zero-order valence-corrected chi connectivity index (χ0v) is 19.0. The van der Waals surface area contributed by atoms with Crippen LogP contribution >= 0.6 is 0 Å². The molecule has 184 valence electrons. The van der Waals surface area contributed by atoms with Gasteiger partial charge in [0.2, 0.25) is 11.6 Å². The van der Waals surface area contributed by atoms with Crippen molar-refractivity contribution in [2.24, 2.45) is 5.92 Å². The number of halogens is 4. The highest BCUT2D eigenvalue weighted by atomic mass is 19.2. The molecule has 35 heavy (non-hydrogen) atoms. The Bertz CT molecular complexity index is 1220. The largest absolute Gasteiger partial charge is 0.494 e. The molecule has 0 saturated heterocycles. The average molecular weight is 488 g/mol. The highest BCUT2D eigenvalue weighted by Gasteiger charge is 2.27. The summed E-state index contributed by atoms with van der Waals surface area (Å²) in [7, 11) is 1.23. The molecule has 1 aliphatic carbocycles. The van der Waals surface area contributed by atoms with E-state index in [1.54, 1.807) is 0 Å². The lowest BCUT2D eigenvalue weighted by atomic mass is 9.79. The van der Waals surface area contributed by atoms with E-state index >= 15 is 0 Å². The lowest BCUT2D eigenvalue weighted by molar-refractivity contribution is 0.0726. The molecule has 1 aliphatic rings. The van der Waals surface area contributed by atoms with Crippen molar-refractivity contribution >= 4 is 5.97 Å². The lowest BCUT2D eigenvalue weighted by Gasteiger charge is -2.28. The SMILES string of the molecule is COc1ccc(-c2ccc(C(=O)Oc3ccc(C4CCC(CO)CC4)c(F)c3F)cc2)c(F)c1F. The molecule has 0 heterocycles. The first-order valence-electron chi connectivity index (χ1n) is 11.3. The smallest absolute Gasteiger partial charge is 0.343 e. The summed E-state index contributed by atoms with van der Waals surface area (Å²) in [5, 5.41) is 9.26. The van der Waals surface area contributed by atoms with Gasteiger partial charge >= 0.3 is 5.97 Å². The molecule has 0 unspecified atom stereocenters. The number of esters is 1. The van der Waals surface area contributed by atoms with E-state index in [0.717, 1.165) is 12.8 Å². The molecule has 0 aliphatic heterocycles. The molecule has 4 nitrogen and oxygen atoms in total. The third-order valence-corrected chi connectivity index (χ3v) is 6.52. The van der Waals surface area contributed by atoms with Crippen molar-refractivity contribution in [3.05, 3.63) is 82.9 Å². The summed E-state index contributed by atoms with van der Waals surface area (Å²) in [6.07, 6.45) is 2.77. The fourth-order valence-electron chi connectivity index (χ4n) is 4.45. The molecule has 0 spiro atoms. The predicted molar refractivity (Wildman–Crippen MR) is 121 cm³/mol. The van der Waals surface area contributed by atoms with Gasteiger partial charge in [-0.1, -0.05) is 18.2 Å². The van der Waals surface area contributed by atoms with Crippen molar-refractivity contribution in [1.82, 2.24) is 0 Å². The Hall–Kier alpha value is -3.39. The molecule has 1 fully saturated rings. The Kier molecular flexibility index (Phi) is 7.40. The number of benzene rings is 3. The van der Waals surface area contributed by atoms with Crippen LogP contribution in [0, 0.1) is 29.2 Å². The van der Waals surface area contributed by atoms with Crippen LogP contribution in [0.3, 0.4) is 0 Å². The number of methoxy groups -OCH3 is 1. The van der Waals surface area contributed by atoms with Gasteiger partial charge in [-0.2, -0.15) is 8.78 Å². The number of hydrogen-bond donors (Lipinski definition) is 1. The van der Waals surface area contributed by atoms with Crippen LogP contribution in [0.1, 0.15) is 47.5 Å². The monoisotopic (exact) mass is 488 g/mol. The standard InChI is InChI=1S/C27H24F4O4/c1-34-21-12-10-19(23(28)25(21)30)17-6-8-18(9-7-17)27(33)35-22-13-11-20(24(29)26(22)31)16-4-2-15(14-32)3-5-16/h6-13,15-16,32H,2-5,14H2,1H3. The minimum atomic E-state index is -1.24. The van der Waals surface area contributed by atoms with Gasteiger partial charge in [0.25, 0.3) is 0 Å². The molecule has 0 aromatic heterocycles. The molecule has 3 aromatic rings. The van der Waals surface area contributed by atoms with E-state index < -0.39 is 35.0 Å². The van der Waals surface area contributed by atoms with Crippen LogP contribution < -0.4 is 9.47 Å². The van der Waals surface area contributed by atoms with Crippen LogP contribution in [-0.2, 0) is 0 Å². The van der Waals surface area contributed by atoms with Crippen molar-refractivity contribution in [2.75, 3.05) is 13.7 Å². The second-order valence-corrected chi connectivity index (χ2v) is 8.59. The Balaban J connectivity index is 1.48. The summed E-state index contributed by atoms with van der Waals surface area (Å²) >= 11 is 0. The minimum absolute atomic E-state index is 0.0225. The van der Waals surface area contributed by atoms with E-state index in [4.69, 9.17) is 9.47 Å². The van der Waals surface area contributed by atoms with Gasteiger partial charge in [-0.15, -0.1) is 0 Å². The molecular weight excluding hydrogens is 464 g/mol. The van der Waals surface area contributed by atoms with Gasteiger partial charge in [0.05, 0.1) is 12.7 Å². The van der Waals surface area contributed by atoms with Crippen molar-refractivity contribution in [1.29, 1.82) is 0 Å². The summed E-state index contributed by atoms with van der Waals surface area (Å²) in [5.74, 6) is -6.18. The van der Waals surface area contributed by atoms with Gasteiger partial charge in [-0.25, -0.2) is 13.6 Å². The van der Waals surface area contributed by atoms with Crippen LogP contribution in [0.5, 0.6) is 11.5 Å². The van der Waals surface area contributed by atoms with E-state index in [2.05, 4.69) is 0 Å². The zero-order chi connectivity index (χ0) is 25.1. The second kappa shape index (κ2) is 10.5. The summed E-state index contributed by atoms with van der Waals surface area (Å²) in [5.41, 5.74) is 0.532. The highest BCUT2D eigenvalue weighted by Crippen LogP contribution is 2.38. The molecule has 0 radical (unpaired) electrons. The normalized spacial score (nSPS) is 17.8. The van der Waals surface area contributed by atoms with Gasteiger partial charge in [0.1, 0.15) is 0 Å². The Morgan fingerprint density at radius 2 is 1.46 bits per heavy atom. The van der Waals surface area contributed by atoms with Crippen LogP contribution in [0.15, 0.2) is 48.5 Å². The molecule has 4 rings (SSSR count). The first-order valence-corrected chi connectivity index (χ1v) is 11.3. The quantitative estimate of drug-likeness (QED) is 0.248. The third-order valence-electron chi connectivity index (χ3n) is 6.52. The maximum Gasteiger partial charge on any atom is 0.343 e. The Morgan fingerprint density at radius 1 is 0.829 bits per heavy atom. The molecule has 0 amide bonds. The van der Waals surface area contributed by atoms with Gasteiger partial charge in [0, 0.05) is 12.2 Å². The number of carbonyl (C=O) groups excluding carboxylic acids is 1. The molecule has 3 aromatic carbocycles. The van der Waals surface area contributed by atoms with E-state index in [9.17, 15) is 27.5 Å². The summed E-state index contributed by atoms with van der Waals surface area (Å²) in [6.45, 7) is 0.0886. The molecule has 0 atom stereocenters. The fraction of sp³-hybridized carbons (Fsp3) is 0.296. The third kappa shape index (κ3) is 5.03. The van der Waals surface area contributed by atoms with Gasteiger partial charge in [0.15, 0.2) is 23.1 Å². The number of hydrogen-bond acceptors (Lipinski definition) is 4. The molecule has 0 bridgehead atoms. The van der Waals surface area contributed by atoms with Crippen molar-refractivity contribution < 1.29 is 36.9 Å². The Labute approximate surface area is 200 Å². The van der Waals surface area contributed by atoms with Gasteiger partial charge in [-0.3, -0.25) is 0 Å².